The summed E-state index contributed by atoms with van der Waals surface area (Å²) < 4.78 is 12.8. The van der Waals surface area contributed by atoms with Crippen molar-refractivity contribution in [3.63, 3.8) is 0 Å². The van der Waals surface area contributed by atoms with Crippen LogP contribution in [0.2, 0.25) is 0 Å². The first-order valence-electron chi connectivity index (χ1n) is 8.89. The molecule has 0 fully saturated rings. The molecule has 0 aliphatic heterocycles. The number of benzene rings is 2. The molecule has 5 nitrogen and oxygen atoms in total. The van der Waals surface area contributed by atoms with E-state index in [4.69, 9.17) is 9.47 Å². The van der Waals surface area contributed by atoms with Crippen LogP contribution >= 0.6 is 0 Å². The van der Waals surface area contributed by atoms with Crippen LogP contribution in [0.15, 0.2) is 73.1 Å². The third-order valence-electron chi connectivity index (χ3n) is 4.37. The number of ether oxygens (including phenoxy) is 2. The van der Waals surface area contributed by atoms with Gasteiger partial charge in [-0.15, -0.1) is 0 Å². The second kappa shape index (κ2) is 8.94. The number of hydrogen-bond donors (Lipinski definition) is 0. The minimum absolute atomic E-state index is 0.0713. The second-order valence-corrected chi connectivity index (χ2v) is 6.27. The summed E-state index contributed by atoms with van der Waals surface area (Å²) in [6, 6.07) is 19.4. The fourth-order valence-corrected chi connectivity index (χ4v) is 2.70. The molecule has 1 heterocycles. The average Bonchev–Trinajstić information content (AvgIpc) is 3.24. The molecule has 0 bridgehead atoms. The van der Waals surface area contributed by atoms with Crippen molar-refractivity contribution >= 4 is 5.91 Å². The van der Waals surface area contributed by atoms with Crippen LogP contribution in [-0.2, 0) is 11.2 Å². The fraction of sp³-hybridized carbons (Fsp3) is 0.227. The Kier molecular flexibility index (Phi) is 6.15. The van der Waals surface area contributed by atoms with E-state index in [0.717, 1.165) is 22.7 Å². The molecule has 140 valence electrons. The Morgan fingerprint density at radius 3 is 2.22 bits per heavy atom. The number of carbonyl (C=O) groups excluding carboxylic acids is 1. The van der Waals surface area contributed by atoms with Crippen LogP contribution in [0.3, 0.4) is 0 Å². The standard InChI is InChI=1S/C22H24N2O3/c1-23(15-16-27-21-11-9-20(26-2)10-12-21)22(25)17-18-5-7-19(8-6-18)24-13-3-4-14-24/h3-14H,15-17H2,1-2H3. The van der Waals surface area contributed by atoms with Crippen LogP contribution < -0.4 is 9.47 Å². The van der Waals surface area contributed by atoms with Crippen LogP contribution in [0.1, 0.15) is 5.56 Å². The van der Waals surface area contributed by atoms with Gasteiger partial charge in [-0.05, 0) is 54.1 Å². The van der Waals surface area contributed by atoms with E-state index in [1.165, 1.54) is 0 Å². The zero-order chi connectivity index (χ0) is 19.1. The first-order valence-corrected chi connectivity index (χ1v) is 8.89. The van der Waals surface area contributed by atoms with E-state index < -0.39 is 0 Å². The van der Waals surface area contributed by atoms with Gasteiger partial charge in [0.1, 0.15) is 18.1 Å². The molecule has 0 aliphatic carbocycles. The van der Waals surface area contributed by atoms with Gasteiger partial charge in [0.15, 0.2) is 0 Å². The molecule has 27 heavy (non-hydrogen) atoms. The smallest absolute Gasteiger partial charge is 0.226 e. The van der Waals surface area contributed by atoms with Crippen LogP contribution in [0.25, 0.3) is 5.69 Å². The molecule has 0 spiro atoms. The second-order valence-electron chi connectivity index (χ2n) is 6.27. The Labute approximate surface area is 159 Å². The number of hydrogen-bond acceptors (Lipinski definition) is 3. The Balaban J connectivity index is 1.45. The van der Waals surface area contributed by atoms with E-state index >= 15 is 0 Å². The van der Waals surface area contributed by atoms with Crippen molar-refractivity contribution in [2.24, 2.45) is 0 Å². The van der Waals surface area contributed by atoms with Gasteiger partial charge >= 0.3 is 0 Å². The number of carbonyl (C=O) groups is 1. The number of nitrogens with zero attached hydrogens (tertiary/aromatic N) is 2. The molecular formula is C22H24N2O3. The number of methoxy groups -OCH3 is 1. The summed E-state index contributed by atoms with van der Waals surface area (Å²) in [6.07, 6.45) is 4.37. The van der Waals surface area contributed by atoms with Crippen molar-refractivity contribution in [2.45, 2.75) is 6.42 Å². The summed E-state index contributed by atoms with van der Waals surface area (Å²) in [4.78, 5) is 14.1. The lowest BCUT2D eigenvalue weighted by atomic mass is 10.1. The van der Waals surface area contributed by atoms with E-state index in [1.807, 2.05) is 77.6 Å². The van der Waals surface area contributed by atoms with Gasteiger partial charge in [-0.1, -0.05) is 12.1 Å². The zero-order valence-corrected chi connectivity index (χ0v) is 15.7. The molecular weight excluding hydrogens is 340 g/mol. The summed E-state index contributed by atoms with van der Waals surface area (Å²) in [5.41, 5.74) is 2.08. The van der Waals surface area contributed by atoms with Gasteiger partial charge in [-0.3, -0.25) is 4.79 Å². The highest BCUT2D eigenvalue weighted by Gasteiger charge is 2.10. The van der Waals surface area contributed by atoms with Gasteiger partial charge < -0.3 is 18.9 Å². The maximum Gasteiger partial charge on any atom is 0.226 e. The largest absolute Gasteiger partial charge is 0.497 e. The molecule has 2 aromatic carbocycles. The van der Waals surface area contributed by atoms with E-state index in [1.54, 1.807) is 19.1 Å². The van der Waals surface area contributed by atoms with Crippen LogP contribution in [0.5, 0.6) is 11.5 Å². The summed E-state index contributed by atoms with van der Waals surface area (Å²) in [5, 5.41) is 0. The SMILES string of the molecule is COc1ccc(OCCN(C)C(=O)Cc2ccc(-n3cccc3)cc2)cc1. The van der Waals surface area contributed by atoms with E-state index in [2.05, 4.69) is 0 Å². The Bertz CT molecular complexity index is 840. The first kappa shape index (κ1) is 18.6. The van der Waals surface area contributed by atoms with Gasteiger partial charge in [-0.25, -0.2) is 0 Å². The van der Waals surface area contributed by atoms with E-state index in [9.17, 15) is 4.79 Å². The minimum Gasteiger partial charge on any atom is -0.497 e. The molecule has 0 radical (unpaired) electrons. The van der Waals surface area contributed by atoms with Crippen molar-refractivity contribution in [1.29, 1.82) is 0 Å². The summed E-state index contributed by atoms with van der Waals surface area (Å²) in [7, 11) is 3.43. The molecule has 0 unspecified atom stereocenters. The molecule has 3 rings (SSSR count). The average molecular weight is 364 g/mol. The highest BCUT2D eigenvalue weighted by molar-refractivity contribution is 5.78. The number of rotatable bonds is 8. The van der Waals surface area contributed by atoms with E-state index in [-0.39, 0.29) is 5.91 Å². The maximum atomic E-state index is 12.4. The lowest BCUT2D eigenvalue weighted by Crippen LogP contribution is -2.32. The normalized spacial score (nSPS) is 10.4. The van der Waals surface area contributed by atoms with Gasteiger partial charge in [0.25, 0.3) is 0 Å². The van der Waals surface area contributed by atoms with Gasteiger partial charge in [0.05, 0.1) is 20.1 Å². The minimum atomic E-state index is 0.0713. The molecule has 1 aromatic heterocycles. The quantitative estimate of drug-likeness (QED) is 0.614. The Hall–Kier alpha value is -3.21. The van der Waals surface area contributed by atoms with Crippen molar-refractivity contribution in [3.05, 3.63) is 78.6 Å². The maximum absolute atomic E-state index is 12.4. The molecule has 0 saturated carbocycles. The summed E-state index contributed by atoms with van der Waals surface area (Å²) in [5.74, 6) is 1.62. The molecule has 5 heteroatoms. The molecule has 0 atom stereocenters. The van der Waals surface area contributed by atoms with Crippen molar-refractivity contribution in [3.8, 4) is 17.2 Å². The highest BCUT2D eigenvalue weighted by atomic mass is 16.5. The molecule has 0 aliphatic rings. The first-order chi connectivity index (χ1) is 13.2. The van der Waals surface area contributed by atoms with Crippen LogP contribution in [0.4, 0.5) is 0 Å². The van der Waals surface area contributed by atoms with Gasteiger partial charge in [0, 0.05) is 25.1 Å². The fourth-order valence-electron chi connectivity index (χ4n) is 2.70. The third kappa shape index (κ3) is 5.14. The predicted molar refractivity (Wildman–Crippen MR) is 106 cm³/mol. The zero-order valence-electron chi connectivity index (χ0n) is 15.7. The number of aromatic nitrogens is 1. The molecule has 1 amide bonds. The van der Waals surface area contributed by atoms with Crippen molar-refractivity contribution in [1.82, 2.24) is 9.47 Å². The molecule has 0 saturated heterocycles. The highest BCUT2D eigenvalue weighted by Crippen LogP contribution is 2.17. The topological polar surface area (TPSA) is 43.7 Å². The summed E-state index contributed by atoms with van der Waals surface area (Å²) in [6.45, 7) is 0.980. The number of likely N-dealkylation sites (N-methyl/N-ethyl adjacent to an activating group) is 1. The van der Waals surface area contributed by atoms with Gasteiger partial charge in [0.2, 0.25) is 5.91 Å². The van der Waals surface area contributed by atoms with Crippen molar-refractivity contribution < 1.29 is 14.3 Å². The monoisotopic (exact) mass is 364 g/mol. The predicted octanol–water partition coefficient (Wildman–Crippen LogP) is 3.57. The third-order valence-corrected chi connectivity index (χ3v) is 4.37. The van der Waals surface area contributed by atoms with Crippen molar-refractivity contribution in [2.75, 3.05) is 27.3 Å². The summed E-state index contributed by atoms with van der Waals surface area (Å²) >= 11 is 0. The van der Waals surface area contributed by atoms with Crippen LogP contribution in [0, 0.1) is 0 Å². The van der Waals surface area contributed by atoms with Crippen LogP contribution in [-0.4, -0.2) is 42.7 Å². The Morgan fingerprint density at radius 1 is 0.963 bits per heavy atom. The van der Waals surface area contributed by atoms with E-state index in [0.29, 0.717) is 19.6 Å². The lowest BCUT2D eigenvalue weighted by Gasteiger charge is -2.18. The molecule has 0 N–H and O–H groups in total. The Morgan fingerprint density at radius 2 is 1.59 bits per heavy atom. The lowest BCUT2D eigenvalue weighted by molar-refractivity contribution is -0.129. The molecule has 3 aromatic rings. The van der Waals surface area contributed by atoms with Gasteiger partial charge in [-0.2, -0.15) is 0 Å². The number of amides is 1.